The standard InChI is InChI=1S/C17H18N4O3/c22-17(13-5-7-19-11-20-13)21-8-9-23-16-14(21)3-4-15(16)24-12-2-1-6-18-10-12/h1-2,5-7,10-11,14-16H,3-4,8-9H2/t14-,15+,16+/m1/s1. The van der Waals surface area contributed by atoms with Crippen LogP contribution in [0.3, 0.4) is 0 Å². The lowest BCUT2D eigenvalue weighted by molar-refractivity contribution is -0.0787. The van der Waals surface area contributed by atoms with Crippen LogP contribution in [0.25, 0.3) is 0 Å². The molecule has 3 atom stereocenters. The first-order chi connectivity index (χ1) is 11.8. The van der Waals surface area contributed by atoms with E-state index in [1.54, 1.807) is 24.7 Å². The van der Waals surface area contributed by atoms with Gasteiger partial charge in [-0.15, -0.1) is 0 Å². The van der Waals surface area contributed by atoms with Gasteiger partial charge in [0.2, 0.25) is 0 Å². The lowest BCUT2D eigenvalue weighted by atomic mass is 10.1. The molecule has 7 nitrogen and oxygen atoms in total. The van der Waals surface area contributed by atoms with E-state index >= 15 is 0 Å². The molecule has 3 heterocycles. The van der Waals surface area contributed by atoms with Crippen LogP contribution in [-0.2, 0) is 4.74 Å². The number of morpholine rings is 1. The van der Waals surface area contributed by atoms with Gasteiger partial charge >= 0.3 is 0 Å². The number of hydrogen-bond donors (Lipinski definition) is 0. The largest absolute Gasteiger partial charge is 0.486 e. The SMILES string of the molecule is O=C(c1ccncn1)N1CCO[C@@H]2[C@@H](Oc3cccnc3)CC[C@H]21. The third kappa shape index (κ3) is 2.82. The van der Waals surface area contributed by atoms with Gasteiger partial charge in [-0.05, 0) is 31.0 Å². The summed E-state index contributed by atoms with van der Waals surface area (Å²) in [5, 5.41) is 0. The number of carbonyl (C=O) groups is 1. The zero-order valence-corrected chi connectivity index (χ0v) is 13.1. The molecular weight excluding hydrogens is 308 g/mol. The average molecular weight is 326 g/mol. The Morgan fingerprint density at radius 2 is 2.21 bits per heavy atom. The van der Waals surface area contributed by atoms with Crippen LogP contribution in [0.2, 0.25) is 0 Å². The second-order valence-corrected chi connectivity index (χ2v) is 5.92. The molecule has 2 aliphatic rings. The Balaban J connectivity index is 1.49. The molecule has 24 heavy (non-hydrogen) atoms. The van der Waals surface area contributed by atoms with Crippen molar-refractivity contribution in [3.8, 4) is 5.75 Å². The Morgan fingerprint density at radius 3 is 3.00 bits per heavy atom. The molecule has 0 bridgehead atoms. The fourth-order valence-electron chi connectivity index (χ4n) is 3.45. The van der Waals surface area contributed by atoms with Gasteiger partial charge < -0.3 is 14.4 Å². The summed E-state index contributed by atoms with van der Waals surface area (Å²) in [5.41, 5.74) is 0.419. The molecule has 0 radical (unpaired) electrons. The first kappa shape index (κ1) is 15.0. The normalized spacial score (nSPS) is 26.0. The van der Waals surface area contributed by atoms with Crippen LogP contribution in [0.5, 0.6) is 5.75 Å². The predicted octanol–water partition coefficient (Wildman–Crippen LogP) is 1.32. The number of hydrogen-bond acceptors (Lipinski definition) is 6. The van der Waals surface area contributed by atoms with Crippen molar-refractivity contribution in [1.29, 1.82) is 0 Å². The highest BCUT2D eigenvalue weighted by Crippen LogP contribution is 2.33. The molecule has 0 N–H and O–H groups in total. The van der Waals surface area contributed by atoms with Crippen LogP contribution >= 0.6 is 0 Å². The van der Waals surface area contributed by atoms with Crippen LogP contribution in [0.1, 0.15) is 23.3 Å². The van der Waals surface area contributed by atoms with Gasteiger partial charge in [-0.25, -0.2) is 9.97 Å². The summed E-state index contributed by atoms with van der Waals surface area (Å²) >= 11 is 0. The summed E-state index contributed by atoms with van der Waals surface area (Å²) in [5.74, 6) is 0.656. The van der Waals surface area contributed by atoms with E-state index in [-0.39, 0.29) is 24.2 Å². The third-order valence-corrected chi connectivity index (χ3v) is 4.52. The molecule has 1 saturated heterocycles. The molecule has 0 unspecified atom stereocenters. The Kier molecular flexibility index (Phi) is 4.08. The lowest BCUT2D eigenvalue weighted by Gasteiger charge is -2.38. The quantitative estimate of drug-likeness (QED) is 0.847. The summed E-state index contributed by atoms with van der Waals surface area (Å²) in [7, 11) is 0. The molecule has 124 valence electrons. The van der Waals surface area contributed by atoms with Gasteiger partial charge in [0, 0.05) is 18.9 Å². The topological polar surface area (TPSA) is 77.4 Å². The summed E-state index contributed by atoms with van der Waals surface area (Å²) in [6.07, 6.45) is 7.90. The van der Waals surface area contributed by atoms with Gasteiger partial charge in [0.25, 0.3) is 5.91 Å². The monoisotopic (exact) mass is 326 g/mol. The number of amides is 1. The van der Waals surface area contributed by atoms with Crippen LogP contribution < -0.4 is 4.74 Å². The first-order valence-electron chi connectivity index (χ1n) is 8.08. The van der Waals surface area contributed by atoms with Crippen molar-refractivity contribution in [2.45, 2.75) is 31.1 Å². The molecule has 4 rings (SSSR count). The maximum Gasteiger partial charge on any atom is 0.272 e. The van der Waals surface area contributed by atoms with Gasteiger partial charge in [0.15, 0.2) is 0 Å². The Morgan fingerprint density at radius 1 is 1.25 bits per heavy atom. The van der Waals surface area contributed by atoms with Crippen molar-refractivity contribution in [2.24, 2.45) is 0 Å². The van der Waals surface area contributed by atoms with E-state index in [0.29, 0.717) is 18.8 Å². The van der Waals surface area contributed by atoms with E-state index < -0.39 is 0 Å². The molecule has 1 aliphatic carbocycles. The fourth-order valence-corrected chi connectivity index (χ4v) is 3.45. The predicted molar refractivity (Wildman–Crippen MR) is 84.5 cm³/mol. The molecule has 7 heteroatoms. The Bertz CT molecular complexity index is 697. The number of carbonyl (C=O) groups excluding carboxylic acids is 1. The summed E-state index contributed by atoms with van der Waals surface area (Å²) in [6.45, 7) is 1.08. The average Bonchev–Trinajstić information content (AvgIpc) is 3.06. The maximum atomic E-state index is 12.7. The molecule has 2 aromatic rings. The van der Waals surface area contributed by atoms with E-state index in [1.165, 1.54) is 6.33 Å². The minimum absolute atomic E-state index is 0.0166. The van der Waals surface area contributed by atoms with Gasteiger partial charge in [-0.2, -0.15) is 0 Å². The van der Waals surface area contributed by atoms with E-state index in [1.807, 2.05) is 17.0 Å². The molecule has 0 spiro atoms. The number of nitrogens with zero attached hydrogens (tertiary/aromatic N) is 4. The highest BCUT2D eigenvalue weighted by molar-refractivity contribution is 5.92. The van der Waals surface area contributed by atoms with Crippen LogP contribution in [0, 0.1) is 0 Å². The zero-order chi connectivity index (χ0) is 16.4. The van der Waals surface area contributed by atoms with Gasteiger partial charge in [0.05, 0.1) is 18.8 Å². The summed E-state index contributed by atoms with van der Waals surface area (Å²) in [4.78, 5) is 26.6. The fraction of sp³-hybridized carbons (Fsp3) is 0.412. The lowest BCUT2D eigenvalue weighted by Crippen LogP contribution is -2.54. The van der Waals surface area contributed by atoms with Gasteiger partial charge in [0.1, 0.15) is 30.0 Å². The molecule has 0 aromatic carbocycles. The molecule has 1 aliphatic heterocycles. The van der Waals surface area contributed by atoms with Crippen LogP contribution in [-0.4, -0.2) is 57.2 Å². The number of pyridine rings is 1. The number of fused-ring (bicyclic) bond motifs is 1. The Hall–Kier alpha value is -2.54. The van der Waals surface area contributed by atoms with Crippen molar-refractivity contribution >= 4 is 5.91 Å². The Labute approximate surface area is 139 Å². The van der Waals surface area contributed by atoms with Crippen molar-refractivity contribution in [1.82, 2.24) is 19.9 Å². The highest BCUT2D eigenvalue weighted by atomic mass is 16.5. The van der Waals surface area contributed by atoms with E-state index in [2.05, 4.69) is 15.0 Å². The number of ether oxygens (including phenoxy) is 2. The van der Waals surface area contributed by atoms with Crippen molar-refractivity contribution in [3.05, 3.63) is 48.8 Å². The first-order valence-corrected chi connectivity index (χ1v) is 8.08. The van der Waals surface area contributed by atoms with E-state index in [4.69, 9.17) is 9.47 Å². The van der Waals surface area contributed by atoms with Crippen LogP contribution in [0.4, 0.5) is 0 Å². The second kappa shape index (κ2) is 6.52. The summed E-state index contributed by atoms with van der Waals surface area (Å²) < 4.78 is 12.0. The summed E-state index contributed by atoms with van der Waals surface area (Å²) in [6, 6.07) is 5.38. The van der Waals surface area contributed by atoms with E-state index in [0.717, 1.165) is 18.6 Å². The van der Waals surface area contributed by atoms with Crippen LogP contribution in [0.15, 0.2) is 43.1 Å². The smallest absolute Gasteiger partial charge is 0.272 e. The molecule has 2 aromatic heterocycles. The molecule has 1 amide bonds. The number of rotatable bonds is 3. The minimum atomic E-state index is -0.121. The van der Waals surface area contributed by atoms with Crippen molar-refractivity contribution < 1.29 is 14.3 Å². The maximum absolute atomic E-state index is 12.7. The van der Waals surface area contributed by atoms with Crippen molar-refractivity contribution in [3.63, 3.8) is 0 Å². The van der Waals surface area contributed by atoms with E-state index in [9.17, 15) is 4.79 Å². The van der Waals surface area contributed by atoms with Gasteiger partial charge in [-0.3, -0.25) is 9.78 Å². The third-order valence-electron chi connectivity index (χ3n) is 4.52. The van der Waals surface area contributed by atoms with Gasteiger partial charge in [-0.1, -0.05) is 0 Å². The molecule has 2 fully saturated rings. The highest BCUT2D eigenvalue weighted by Gasteiger charge is 2.46. The second-order valence-electron chi connectivity index (χ2n) is 5.92. The van der Waals surface area contributed by atoms with Crippen molar-refractivity contribution in [2.75, 3.05) is 13.2 Å². The minimum Gasteiger partial charge on any atom is -0.486 e. The molecule has 1 saturated carbocycles. The molecular formula is C17H18N4O3. The number of aromatic nitrogens is 3. The zero-order valence-electron chi connectivity index (χ0n) is 13.1.